The van der Waals surface area contributed by atoms with Gasteiger partial charge in [0.25, 0.3) is 0 Å². The molecule has 0 saturated carbocycles. The Morgan fingerprint density at radius 2 is 0.524 bits per heavy atom. The number of rotatable bonds is 51. The van der Waals surface area contributed by atoms with Crippen LogP contribution in [0.5, 0.6) is 0 Å². The monoisotopic (exact) mass is 887 g/mol. The van der Waals surface area contributed by atoms with Crippen molar-refractivity contribution in [2.75, 3.05) is 13.2 Å². The van der Waals surface area contributed by atoms with Gasteiger partial charge in [-0.15, -0.1) is 0 Å². The van der Waals surface area contributed by atoms with E-state index in [1.54, 1.807) is 0 Å². The van der Waals surface area contributed by atoms with Crippen LogP contribution in [0.25, 0.3) is 0 Å². The molecule has 0 radical (unpaired) electrons. The van der Waals surface area contributed by atoms with Crippen LogP contribution < -0.4 is 0 Å². The molecule has 0 aliphatic heterocycles. The SMILES string of the molecule is CCCCCCCC/C=C\CCCCCCCC(=O)OCC(COC(=O)CCCCCCCCCCCCCCCCC)OC(=O)CCCCCCC/C=C\CCCCCCCC. The van der Waals surface area contributed by atoms with Crippen molar-refractivity contribution in [2.24, 2.45) is 0 Å². The highest BCUT2D eigenvalue weighted by Crippen LogP contribution is 2.16. The van der Waals surface area contributed by atoms with Gasteiger partial charge in [-0.1, -0.05) is 238 Å². The average Bonchev–Trinajstić information content (AvgIpc) is 3.28. The molecule has 1 atom stereocenters. The maximum absolute atomic E-state index is 12.8. The quantitative estimate of drug-likeness (QED) is 0.0262. The molecule has 0 aliphatic rings. The lowest BCUT2D eigenvalue weighted by Crippen LogP contribution is -2.30. The van der Waals surface area contributed by atoms with Gasteiger partial charge >= 0.3 is 17.9 Å². The molecule has 370 valence electrons. The highest BCUT2D eigenvalue weighted by Gasteiger charge is 2.19. The predicted octanol–water partition coefficient (Wildman–Crippen LogP) is 18.3. The smallest absolute Gasteiger partial charge is 0.306 e. The molecule has 0 fully saturated rings. The van der Waals surface area contributed by atoms with Gasteiger partial charge in [0.05, 0.1) is 0 Å². The molecule has 0 aromatic rings. The molecule has 0 N–H and O–H groups in total. The Morgan fingerprint density at radius 1 is 0.302 bits per heavy atom. The molecule has 1 unspecified atom stereocenters. The first kappa shape index (κ1) is 60.9. The van der Waals surface area contributed by atoms with E-state index in [1.807, 2.05) is 0 Å². The largest absolute Gasteiger partial charge is 0.462 e. The first-order valence-corrected chi connectivity index (χ1v) is 27.8. The Hall–Kier alpha value is -2.11. The summed E-state index contributed by atoms with van der Waals surface area (Å²) in [6.07, 6.45) is 60.2. The number of ether oxygens (including phenoxy) is 3. The van der Waals surface area contributed by atoms with Gasteiger partial charge in [0.2, 0.25) is 0 Å². The van der Waals surface area contributed by atoms with Crippen LogP contribution in [0.4, 0.5) is 0 Å². The normalized spacial score (nSPS) is 12.1. The Bertz CT molecular complexity index is 1020. The summed E-state index contributed by atoms with van der Waals surface area (Å²) >= 11 is 0. The van der Waals surface area contributed by atoms with Gasteiger partial charge in [-0.05, 0) is 70.6 Å². The summed E-state index contributed by atoms with van der Waals surface area (Å²) in [5, 5.41) is 0. The number of hydrogen-bond acceptors (Lipinski definition) is 6. The summed E-state index contributed by atoms with van der Waals surface area (Å²) in [4.78, 5) is 38.1. The third-order valence-electron chi connectivity index (χ3n) is 12.4. The van der Waals surface area contributed by atoms with Crippen molar-refractivity contribution in [1.82, 2.24) is 0 Å². The van der Waals surface area contributed by atoms with Crippen LogP contribution >= 0.6 is 0 Å². The highest BCUT2D eigenvalue weighted by atomic mass is 16.6. The zero-order valence-electron chi connectivity index (χ0n) is 42.4. The van der Waals surface area contributed by atoms with Crippen molar-refractivity contribution in [3.05, 3.63) is 24.3 Å². The van der Waals surface area contributed by atoms with Crippen molar-refractivity contribution >= 4 is 17.9 Å². The summed E-state index contributed by atoms with van der Waals surface area (Å²) < 4.78 is 16.8. The molecular weight excluding hydrogens is 781 g/mol. The Labute approximate surface area is 392 Å². The second-order valence-corrected chi connectivity index (χ2v) is 18.8. The average molecular weight is 887 g/mol. The van der Waals surface area contributed by atoms with Gasteiger partial charge in [-0.2, -0.15) is 0 Å². The van der Waals surface area contributed by atoms with Gasteiger partial charge in [-0.25, -0.2) is 0 Å². The van der Waals surface area contributed by atoms with E-state index in [1.165, 1.54) is 193 Å². The minimum absolute atomic E-state index is 0.0730. The van der Waals surface area contributed by atoms with E-state index in [0.29, 0.717) is 19.3 Å². The fourth-order valence-electron chi connectivity index (χ4n) is 8.20. The van der Waals surface area contributed by atoms with Crippen LogP contribution in [0, 0.1) is 0 Å². The van der Waals surface area contributed by atoms with E-state index in [0.717, 1.165) is 70.6 Å². The minimum atomic E-state index is -0.774. The van der Waals surface area contributed by atoms with Crippen molar-refractivity contribution in [3.8, 4) is 0 Å². The second kappa shape index (κ2) is 52.5. The summed E-state index contributed by atoms with van der Waals surface area (Å²) in [7, 11) is 0. The first-order valence-electron chi connectivity index (χ1n) is 27.8. The molecule has 0 aliphatic carbocycles. The van der Waals surface area contributed by atoms with Crippen molar-refractivity contribution in [2.45, 2.75) is 309 Å². The van der Waals surface area contributed by atoms with Crippen LogP contribution in [0.3, 0.4) is 0 Å². The molecule has 0 saturated heterocycles. The molecule has 0 rings (SSSR count). The summed E-state index contributed by atoms with van der Waals surface area (Å²) in [6, 6.07) is 0. The molecule has 6 heteroatoms. The summed E-state index contributed by atoms with van der Waals surface area (Å²) in [6.45, 7) is 6.65. The lowest BCUT2D eigenvalue weighted by atomic mass is 10.0. The van der Waals surface area contributed by atoms with Gasteiger partial charge in [0.1, 0.15) is 13.2 Å². The fourth-order valence-corrected chi connectivity index (χ4v) is 8.20. The highest BCUT2D eigenvalue weighted by molar-refractivity contribution is 5.71. The molecule has 0 aromatic carbocycles. The topological polar surface area (TPSA) is 78.9 Å². The van der Waals surface area contributed by atoms with Gasteiger partial charge in [-0.3, -0.25) is 14.4 Å². The molecule has 0 heterocycles. The lowest BCUT2D eigenvalue weighted by Gasteiger charge is -2.18. The van der Waals surface area contributed by atoms with Gasteiger partial charge < -0.3 is 14.2 Å². The Kier molecular flexibility index (Phi) is 50.8. The van der Waals surface area contributed by atoms with Crippen LogP contribution in [-0.2, 0) is 28.6 Å². The zero-order chi connectivity index (χ0) is 45.8. The standard InChI is InChI=1S/C57H106O6/c1-4-7-10-13-16-19-22-25-28-31-34-37-40-43-46-49-55(58)61-52-54(63-57(60)51-48-45-42-39-36-33-30-27-24-21-18-15-12-9-6-3)53-62-56(59)50-47-44-41-38-35-32-29-26-23-20-17-14-11-8-5-2/h25,27-28,30,54H,4-24,26,29,31-53H2,1-3H3/b28-25-,30-27-. The number of carbonyl (C=O) groups excluding carboxylic acids is 3. The van der Waals surface area contributed by atoms with Crippen molar-refractivity contribution in [1.29, 1.82) is 0 Å². The Morgan fingerprint density at radius 3 is 0.794 bits per heavy atom. The molecule has 0 bridgehead atoms. The molecule has 63 heavy (non-hydrogen) atoms. The lowest BCUT2D eigenvalue weighted by molar-refractivity contribution is -0.167. The summed E-state index contributed by atoms with van der Waals surface area (Å²) in [5.41, 5.74) is 0. The fraction of sp³-hybridized carbons (Fsp3) is 0.877. The van der Waals surface area contributed by atoms with Gasteiger partial charge in [0, 0.05) is 19.3 Å². The maximum Gasteiger partial charge on any atom is 0.306 e. The van der Waals surface area contributed by atoms with Gasteiger partial charge in [0.15, 0.2) is 6.10 Å². The maximum atomic E-state index is 12.8. The summed E-state index contributed by atoms with van der Waals surface area (Å²) in [5.74, 6) is -0.873. The van der Waals surface area contributed by atoms with E-state index >= 15 is 0 Å². The van der Waals surface area contributed by atoms with E-state index < -0.39 is 6.10 Å². The molecule has 0 spiro atoms. The number of allylic oxidation sites excluding steroid dienone is 4. The van der Waals surface area contributed by atoms with E-state index in [2.05, 4.69) is 45.1 Å². The number of esters is 3. The number of carbonyl (C=O) groups is 3. The minimum Gasteiger partial charge on any atom is -0.462 e. The van der Waals surface area contributed by atoms with E-state index in [9.17, 15) is 14.4 Å². The molecule has 6 nitrogen and oxygen atoms in total. The second-order valence-electron chi connectivity index (χ2n) is 18.8. The van der Waals surface area contributed by atoms with E-state index in [-0.39, 0.29) is 31.1 Å². The molecule has 0 aromatic heterocycles. The molecule has 0 amide bonds. The van der Waals surface area contributed by atoms with E-state index in [4.69, 9.17) is 14.2 Å². The third-order valence-corrected chi connectivity index (χ3v) is 12.4. The first-order chi connectivity index (χ1) is 31.0. The number of hydrogen-bond donors (Lipinski definition) is 0. The van der Waals surface area contributed by atoms with Crippen LogP contribution in [-0.4, -0.2) is 37.2 Å². The van der Waals surface area contributed by atoms with Crippen LogP contribution in [0.2, 0.25) is 0 Å². The third kappa shape index (κ3) is 50.7. The molecular formula is C57H106O6. The van der Waals surface area contributed by atoms with Crippen LogP contribution in [0.15, 0.2) is 24.3 Å². The van der Waals surface area contributed by atoms with Crippen molar-refractivity contribution < 1.29 is 28.6 Å². The van der Waals surface area contributed by atoms with Crippen molar-refractivity contribution in [3.63, 3.8) is 0 Å². The predicted molar refractivity (Wildman–Crippen MR) is 270 cm³/mol. The zero-order valence-corrected chi connectivity index (χ0v) is 42.4. The van der Waals surface area contributed by atoms with Crippen LogP contribution in [0.1, 0.15) is 303 Å². The number of unbranched alkanes of at least 4 members (excludes halogenated alkanes) is 36. The Balaban J connectivity index is 4.36.